The van der Waals surface area contributed by atoms with Crippen LogP contribution in [0.25, 0.3) is 0 Å². The standard InChI is InChI=1S/C18H29N3O3/c1-12(2)7-17(19)18(22)20-13-5-6-21(11-13)14-8-15(23-3)10-16(9-14)24-4/h8-10,12-13,17H,5-7,11,19H2,1-4H3,(H,20,22)/t13?,17-/m0/s1. The number of hydrogen-bond acceptors (Lipinski definition) is 5. The lowest BCUT2D eigenvalue weighted by molar-refractivity contribution is -0.123. The van der Waals surface area contributed by atoms with Crippen molar-refractivity contribution in [3.8, 4) is 11.5 Å². The molecule has 6 heteroatoms. The molecule has 2 atom stereocenters. The quantitative estimate of drug-likeness (QED) is 0.794. The Morgan fingerprint density at radius 1 is 1.29 bits per heavy atom. The van der Waals surface area contributed by atoms with Gasteiger partial charge in [0.25, 0.3) is 0 Å². The van der Waals surface area contributed by atoms with Crippen LogP contribution in [0.5, 0.6) is 11.5 Å². The predicted molar refractivity (Wildman–Crippen MR) is 95.7 cm³/mol. The van der Waals surface area contributed by atoms with Crippen LogP contribution in [0.4, 0.5) is 5.69 Å². The van der Waals surface area contributed by atoms with Crippen LogP contribution in [0, 0.1) is 5.92 Å². The smallest absolute Gasteiger partial charge is 0.237 e. The van der Waals surface area contributed by atoms with Crippen LogP contribution in [0.1, 0.15) is 26.7 Å². The first-order valence-electron chi connectivity index (χ1n) is 8.47. The molecular formula is C18H29N3O3. The van der Waals surface area contributed by atoms with Crippen molar-refractivity contribution >= 4 is 11.6 Å². The van der Waals surface area contributed by atoms with Gasteiger partial charge in [-0.2, -0.15) is 0 Å². The van der Waals surface area contributed by atoms with Crippen molar-refractivity contribution in [1.82, 2.24) is 5.32 Å². The van der Waals surface area contributed by atoms with Gasteiger partial charge in [-0.05, 0) is 18.8 Å². The Kier molecular flexibility index (Phi) is 6.31. The second-order valence-electron chi connectivity index (χ2n) is 6.75. The molecule has 1 heterocycles. The third-order valence-electron chi connectivity index (χ3n) is 4.30. The van der Waals surface area contributed by atoms with E-state index < -0.39 is 6.04 Å². The van der Waals surface area contributed by atoms with E-state index in [1.54, 1.807) is 14.2 Å². The Labute approximate surface area is 144 Å². The van der Waals surface area contributed by atoms with E-state index in [2.05, 4.69) is 24.1 Å². The second kappa shape index (κ2) is 8.24. The molecular weight excluding hydrogens is 306 g/mol. The number of ether oxygens (including phenoxy) is 2. The Morgan fingerprint density at radius 2 is 1.92 bits per heavy atom. The highest BCUT2D eigenvalue weighted by molar-refractivity contribution is 5.81. The topological polar surface area (TPSA) is 76.8 Å². The Morgan fingerprint density at radius 3 is 2.46 bits per heavy atom. The molecule has 2 rings (SSSR count). The molecule has 0 saturated carbocycles. The summed E-state index contributed by atoms with van der Waals surface area (Å²) in [5.41, 5.74) is 7.00. The van der Waals surface area contributed by atoms with E-state index in [9.17, 15) is 4.79 Å². The summed E-state index contributed by atoms with van der Waals surface area (Å²) in [7, 11) is 3.28. The van der Waals surface area contributed by atoms with E-state index >= 15 is 0 Å². The lowest BCUT2D eigenvalue weighted by Crippen LogP contribution is -2.46. The largest absolute Gasteiger partial charge is 0.497 e. The number of benzene rings is 1. The molecule has 134 valence electrons. The maximum Gasteiger partial charge on any atom is 0.237 e. The minimum absolute atomic E-state index is 0.0567. The monoisotopic (exact) mass is 335 g/mol. The van der Waals surface area contributed by atoms with Crippen LogP contribution in [0.15, 0.2) is 18.2 Å². The third kappa shape index (κ3) is 4.77. The summed E-state index contributed by atoms with van der Waals surface area (Å²) in [6.45, 7) is 5.78. The average molecular weight is 335 g/mol. The van der Waals surface area contributed by atoms with Gasteiger partial charge >= 0.3 is 0 Å². The molecule has 0 aliphatic carbocycles. The molecule has 1 amide bonds. The van der Waals surface area contributed by atoms with Gasteiger partial charge in [0, 0.05) is 43.0 Å². The molecule has 1 unspecified atom stereocenters. The van der Waals surface area contributed by atoms with Crippen LogP contribution in [0.3, 0.4) is 0 Å². The van der Waals surface area contributed by atoms with Crippen LogP contribution < -0.4 is 25.4 Å². The van der Waals surface area contributed by atoms with E-state index in [1.165, 1.54) is 0 Å². The number of nitrogens with zero attached hydrogens (tertiary/aromatic N) is 1. The number of hydrogen-bond donors (Lipinski definition) is 2. The first-order valence-corrected chi connectivity index (χ1v) is 8.47. The SMILES string of the molecule is COc1cc(OC)cc(N2CCC(NC(=O)[C@@H](N)CC(C)C)C2)c1. The van der Waals surface area contributed by atoms with Crippen LogP contribution >= 0.6 is 0 Å². The minimum atomic E-state index is -0.434. The molecule has 6 nitrogen and oxygen atoms in total. The highest BCUT2D eigenvalue weighted by Gasteiger charge is 2.26. The van der Waals surface area contributed by atoms with Crippen LogP contribution in [0.2, 0.25) is 0 Å². The summed E-state index contributed by atoms with van der Waals surface area (Å²) in [6, 6.07) is 5.50. The molecule has 1 saturated heterocycles. The van der Waals surface area contributed by atoms with Gasteiger partial charge in [-0.25, -0.2) is 0 Å². The van der Waals surface area contributed by atoms with Gasteiger partial charge < -0.3 is 25.4 Å². The summed E-state index contributed by atoms with van der Waals surface area (Å²) in [4.78, 5) is 14.4. The Bertz CT molecular complexity index is 540. The van der Waals surface area contributed by atoms with E-state index in [-0.39, 0.29) is 11.9 Å². The number of anilines is 1. The summed E-state index contributed by atoms with van der Waals surface area (Å²) in [5.74, 6) is 1.88. The molecule has 0 radical (unpaired) electrons. The van der Waals surface area contributed by atoms with E-state index in [1.807, 2.05) is 18.2 Å². The fourth-order valence-corrected chi connectivity index (χ4v) is 3.01. The molecule has 3 N–H and O–H groups in total. The molecule has 24 heavy (non-hydrogen) atoms. The first-order chi connectivity index (χ1) is 11.4. The molecule has 0 bridgehead atoms. The molecule has 1 fully saturated rings. The van der Waals surface area contributed by atoms with Crippen molar-refractivity contribution < 1.29 is 14.3 Å². The maximum absolute atomic E-state index is 12.2. The normalized spacial score (nSPS) is 18.6. The molecule has 1 aliphatic rings. The molecule has 1 aliphatic heterocycles. The first kappa shape index (κ1) is 18.4. The fraction of sp³-hybridized carbons (Fsp3) is 0.611. The maximum atomic E-state index is 12.2. The summed E-state index contributed by atoms with van der Waals surface area (Å²) in [5, 5.41) is 3.07. The summed E-state index contributed by atoms with van der Waals surface area (Å²) >= 11 is 0. The zero-order chi connectivity index (χ0) is 17.7. The van der Waals surface area contributed by atoms with Gasteiger partial charge in [0.1, 0.15) is 11.5 Å². The van der Waals surface area contributed by atoms with Gasteiger partial charge in [0.05, 0.1) is 20.3 Å². The van der Waals surface area contributed by atoms with Crippen LogP contribution in [-0.4, -0.2) is 45.3 Å². The predicted octanol–water partition coefficient (Wildman–Crippen LogP) is 1.77. The summed E-state index contributed by atoms with van der Waals surface area (Å²) < 4.78 is 10.6. The van der Waals surface area contributed by atoms with Crippen LogP contribution in [-0.2, 0) is 4.79 Å². The number of nitrogens with one attached hydrogen (secondary N) is 1. The van der Waals surface area contributed by atoms with Crippen molar-refractivity contribution in [2.24, 2.45) is 11.7 Å². The van der Waals surface area contributed by atoms with E-state index in [4.69, 9.17) is 15.2 Å². The number of rotatable bonds is 7. The van der Waals surface area contributed by atoms with Gasteiger partial charge in [0.2, 0.25) is 5.91 Å². The van der Waals surface area contributed by atoms with Crippen molar-refractivity contribution in [2.75, 3.05) is 32.2 Å². The van der Waals surface area contributed by atoms with Crippen molar-refractivity contribution in [1.29, 1.82) is 0 Å². The number of carbonyl (C=O) groups is 1. The van der Waals surface area contributed by atoms with Crippen molar-refractivity contribution in [3.05, 3.63) is 18.2 Å². The van der Waals surface area contributed by atoms with Gasteiger partial charge in [-0.3, -0.25) is 4.79 Å². The number of nitrogens with two attached hydrogens (primary N) is 1. The molecule has 0 spiro atoms. The third-order valence-corrected chi connectivity index (χ3v) is 4.30. The second-order valence-corrected chi connectivity index (χ2v) is 6.75. The number of methoxy groups -OCH3 is 2. The zero-order valence-electron chi connectivity index (χ0n) is 15.0. The highest BCUT2D eigenvalue weighted by Crippen LogP contribution is 2.30. The Balaban J connectivity index is 1.96. The fourth-order valence-electron chi connectivity index (χ4n) is 3.01. The van der Waals surface area contributed by atoms with Gasteiger partial charge in [-0.15, -0.1) is 0 Å². The minimum Gasteiger partial charge on any atom is -0.497 e. The lowest BCUT2D eigenvalue weighted by Gasteiger charge is -2.21. The highest BCUT2D eigenvalue weighted by atomic mass is 16.5. The average Bonchev–Trinajstić information content (AvgIpc) is 3.02. The molecule has 1 aromatic rings. The lowest BCUT2D eigenvalue weighted by atomic mass is 10.0. The number of amides is 1. The van der Waals surface area contributed by atoms with E-state index in [0.29, 0.717) is 12.3 Å². The Hall–Kier alpha value is -1.95. The van der Waals surface area contributed by atoms with E-state index in [0.717, 1.165) is 36.7 Å². The van der Waals surface area contributed by atoms with Crippen molar-refractivity contribution in [2.45, 2.75) is 38.8 Å². The zero-order valence-corrected chi connectivity index (χ0v) is 15.0. The van der Waals surface area contributed by atoms with Crippen molar-refractivity contribution in [3.63, 3.8) is 0 Å². The molecule has 0 aromatic heterocycles. The summed E-state index contributed by atoms with van der Waals surface area (Å²) in [6.07, 6.45) is 1.61. The molecule has 1 aromatic carbocycles. The van der Waals surface area contributed by atoms with Gasteiger partial charge in [0.15, 0.2) is 0 Å². The number of carbonyl (C=O) groups excluding carboxylic acids is 1. The van der Waals surface area contributed by atoms with Gasteiger partial charge in [-0.1, -0.05) is 13.8 Å².